The van der Waals surface area contributed by atoms with Gasteiger partial charge in [0.25, 0.3) is 0 Å². The number of benzene rings is 2. The molecule has 0 unspecified atom stereocenters. The van der Waals surface area contributed by atoms with Gasteiger partial charge in [0.15, 0.2) is 12.0 Å². The topological polar surface area (TPSA) is 55.3 Å². The van der Waals surface area contributed by atoms with Gasteiger partial charge in [-0.25, -0.2) is 4.98 Å². The second-order valence-electron chi connectivity index (χ2n) is 5.07. The lowest BCUT2D eigenvalue weighted by Crippen LogP contribution is -2.17. The minimum atomic E-state index is 0.768. The Morgan fingerprint density at radius 2 is 2.05 bits per heavy atom. The average Bonchev–Trinajstić information content (AvgIpc) is 2.85. The first-order chi connectivity index (χ1) is 9.63. The number of rotatable bonds is 3. The number of nitrogens with two attached hydrogens (primary N) is 1. The average molecular weight is 267 g/mol. The van der Waals surface area contributed by atoms with Crippen LogP contribution in [0.2, 0.25) is 0 Å². The minimum Gasteiger partial charge on any atom is -0.443 e. The van der Waals surface area contributed by atoms with Crippen LogP contribution in [0.25, 0.3) is 11.1 Å². The maximum Gasteiger partial charge on any atom is 0.181 e. The van der Waals surface area contributed by atoms with Crippen molar-refractivity contribution >= 4 is 22.5 Å². The van der Waals surface area contributed by atoms with Crippen LogP contribution in [0.15, 0.2) is 47.2 Å². The fourth-order valence-electron chi connectivity index (χ4n) is 2.38. The molecule has 4 heteroatoms. The molecule has 0 saturated heterocycles. The summed E-state index contributed by atoms with van der Waals surface area (Å²) >= 11 is 0. The van der Waals surface area contributed by atoms with Crippen LogP contribution >= 0.6 is 0 Å². The number of anilines is 2. The van der Waals surface area contributed by atoms with Crippen molar-refractivity contribution in [1.29, 1.82) is 0 Å². The summed E-state index contributed by atoms with van der Waals surface area (Å²) in [5, 5.41) is 0. The lowest BCUT2D eigenvalue weighted by Gasteiger charge is -2.21. The van der Waals surface area contributed by atoms with Crippen LogP contribution in [-0.2, 0) is 6.54 Å². The molecule has 0 fully saturated rings. The van der Waals surface area contributed by atoms with Gasteiger partial charge in [0.1, 0.15) is 5.52 Å². The van der Waals surface area contributed by atoms with Crippen molar-refractivity contribution in [2.45, 2.75) is 13.5 Å². The Hall–Kier alpha value is -2.49. The third kappa shape index (κ3) is 2.32. The Morgan fingerprint density at radius 1 is 1.20 bits per heavy atom. The molecule has 2 aromatic carbocycles. The smallest absolute Gasteiger partial charge is 0.181 e. The predicted molar refractivity (Wildman–Crippen MR) is 81.7 cm³/mol. The Bertz CT molecular complexity index is 748. The summed E-state index contributed by atoms with van der Waals surface area (Å²) in [4.78, 5) is 6.25. The molecule has 2 N–H and O–H groups in total. The molecule has 3 rings (SSSR count). The molecule has 1 aromatic heterocycles. The van der Waals surface area contributed by atoms with Gasteiger partial charge in [-0.3, -0.25) is 0 Å². The molecule has 0 bridgehead atoms. The van der Waals surface area contributed by atoms with E-state index in [1.807, 2.05) is 32.2 Å². The second-order valence-corrected chi connectivity index (χ2v) is 5.07. The summed E-state index contributed by atoms with van der Waals surface area (Å²) in [6, 6.07) is 12.2. The van der Waals surface area contributed by atoms with Crippen LogP contribution in [0.5, 0.6) is 0 Å². The first kappa shape index (κ1) is 12.5. The van der Waals surface area contributed by atoms with Crippen LogP contribution in [-0.4, -0.2) is 12.0 Å². The van der Waals surface area contributed by atoms with Gasteiger partial charge in [-0.05, 0) is 42.3 Å². The number of nitrogens with zero attached hydrogens (tertiary/aromatic N) is 2. The Labute approximate surface area is 117 Å². The Balaban J connectivity index is 1.85. The zero-order chi connectivity index (χ0) is 14.1. The lowest BCUT2D eigenvalue weighted by atomic mass is 10.1. The molecule has 0 aliphatic heterocycles. The molecule has 102 valence electrons. The van der Waals surface area contributed by atoms with Crippen LogP contribution in [0.1, 0.15) is 11.1 Å². The molecule has 3 aromatic rings. The summed E-state index contributed by atoms with van der Waals surface area (Å²) in [7, 11) is 2.03. The quantitative estimate of drug-likeness (QED) is 0.739. The molecule has 0 amide bonds. The highest BCUT2D eigenvalue weighted by molar-refractivity contribution is 5.73. The van der Waals surface area contributed by atoms with E-state index in [4.69, 9.17) is 10.2 Å². The van der Waals surface area contributed by atoms with E-state index in [0.717, 1.165) is 34.6 Å². The van der Waals surface area contributed by atoms with Crippen molar-refractivity contribution in [2.75, 3.05) is 17.7 Å². The number of oxazole rings is 1. The van der Waals surface area contributed by atoms with Crippen molar-refractivity contribution in [1.82, 2.24) is 4.98 Å². The van der Waals surface area contributed by atoms with Gasteiger partial charge in [0.2, 0.25) is 0 Å². The Kier molecular flexibility index (Phi) is 3.06. The van der Waals surface area contributed by atoms with E-state index < -0.39 is 0 Å². The molecular weight excluding hydrogens is 250 g/mol. The van der Waals surface area contributed by atoms with Crippen molar-refractivity contribution in [2.24, 2.45) is 0 Å². The zero-order valence-corrected chi connectivity index (χ0v) is 11.6. The molecule has 0 saturated carbocycles. The van der Waals surface area contributed by atoms with Gasteiger partial charge in [0.05, 0.1) is 11.4 Å². The first-order valence-electron chi connectivity index (χ1n) is 6.53. The van der Waals surface area contributed by atoms with Crippen molar-refractivity contribution in [3.8, 4) is 0 Å². The van der Waals surface area contributed by atoms with Gasteiger partial charge < -0.3 is 15.1 Å². The fraction of sp³-hybridized carbons (Fsp3) is 0.188. The normalized spacial score (nSPS) is 10.9. The molecular formula is C16H17N3O. The van der Waals surface area contributed by atoms with Crippen molar-refractivity contribution < 1.29 is 4.42 Å². The zero-order valence-electron chi connectivity index (χ0n) is 11.6. The molecule has 0 aliphatic rings. The number of fused-ring (bicyclic) bond motifs is 1. The highest BCUT2D eigenvalue weighted by Crippen LogP contribution is 2.25. The van der Waals surface area contributed by atoms with E-state index >= 15 is 0 Å². The van der Waals surface area contributed by atoms with E-state index in [9.17, 15) is 0 Å². The third-order valence-corrected chi connectivity index (χ3v) is 3.41. The molecule has 4 nitrogen and oxygen atoms in total. The van der Waals surface area contributed by atoms with Gasteiger partial charge >= 0.3 is 0 Å². The molecule has 1 heterocycles. The summed E-state index contributed by atoms with van der Waals surface area (Å²) in [6.45, 7) is 2.81. The Morgan fingerprint density at radius 3 is 2.85 bits per heavy atom. The van der Waals surface area contributed by atoms with E-state index in [2.05, 4.69) is 28.1 Å². The second kappa shape index (κ2) is 4.89. The third-order valence-electron chi connectivity index (χ3n) is 3.41. The number of nitrogen functional groups attached to an aromatic ring is 1. The highest BCUT2D eigenvalue weighted by Gasteiger charge is 2.07. The van der Waals surface area contributed by atoms with Gasteiger partial charge in [-0.2, -0.15) is 0 Å². The van der Waals surface area contributed by atoms with Gasteiger partial charge in [-0.15, -0.1) is 0 Å². The lowest BCUT2D eigenvalue weighted by molar-refractivity contribution is 0.601. The van der Waals surface area contributed by atoms with Gasteiger partial charge in [0, 0.05) is 13.6 Å². The van der Waals surface area contributed by atoms with Crippen LogP contribution in [0.4, 0.5) is 11.4 Å². The summed E-state index contributed by atoms with van der Waals surface area (Å²) in [6.07, 6.45) is 1.47. The first-order valence-corrected chi connectivity index (χ1v) is 6.53. The molecule has 0 spiro atoms. The highest BCUT2D eigenvalue weighted by atomic mass is 16.3. The van der Waals surface area contributed by atoms with Gasteiger partial charge in [-0.1, -0.05) is 12.1 Å². The van der Waals surface area contributed by atoms with Crippen molar-refractivity contribution in [3.05, 3.63) is 53.9 Å². The van der Waals surface area contributed by atoms with E-state index in [0.29, 0.717) is 0 Å². The maximum absolute atomic E-state index is 6.08. The fourth-order valence-corrected chi connectivity index (χ4v) is 2.38. The van der Waals surface area contributed by atoms with E-state index in [1.54, 1.807) is 0 Å². The molecule has 0 aliphatic carbocycles. The van der Waals surface area contributed by atoms with E-state index in [-0.39, 0.29) is 0 Å². The summed E-state index contributed by atoms with van der Waals surface area (Å²) in [5.74, 6) is 0. The number of hydrogen-bond acceptors (Lipinski definition) is 4. The van der Waals surface area contributed by atoms with E-state index in [1.165, 1.54) is 12.0 Å². The molecule has 20 heavy (non-hydrogen) atoms. The number of aromatic nitrogens is 1. The van der Waals surface area contributed by atoms with Crippen LogP contribution in [0, 0.1) is 6.92 Å². The summed E-state index contributed by atoms with van der Waals surface area (Å²) in [5.41, 5.74) is 11.9. The molecule has 0 atom stereocenters. The van der Waals surface area contributed by atoms with Crippen LogP contribution in [0.3, 0.4) is 0 Å². The SMILES string of the molecule is Cc1ccc(N(C)Cc2ccc3ncoc3c2)c(N)c1. The number of aryl methyl sites for hydroxylation is 1. The van der Waals surface area contributed by atoms with Crippen molar-refractivity contribution in [3.63, 3.8) is 0 Å². The molecule has 0 radical (unpaired) electrons. The largest absolute Gasteiger partial charge is 0.443 e. The monoisotopic (exact) mass is 267 g/mol. The minimum absolute atomic E-state index is 0.768. The predicted octanol–water partition coefficient (Wildman–Crippen LogP) is 3.35. The standard InChI is InChI=1S/C16H17N3O/c1-11-3-6-15(13(17)7-11)19(2)9-12-4-5-14-16(8-12)20-10-18-14/h3-8,10H,9,17H2,1-2H3. The maximum atomic E-state index is 6.08. The number of hydrogen-bond donors (Lipinski definition) is 1. The van der Waals surface area contributed by atoms with Crippen LogP contribution < -0.4 is 10.6 Å². The summed E-state index contributed by atoms with van der Waals surface area (Å²) < 4.78 is 5.33.